The molecule has 4 rings (SSSR count). The van der Waals surface area contributed by atoms with Crippen LogP contribution < -0.4 is 0 Å². The third kappa shape index (κ3) is 2.66. The number of nitrogens with zero attached hydrogens (tertiary/aromatic N) is 5. The van der Waals surface area contributed by atoms with Crippen molar-refractivity contribution in [1.82, 2.24) is 24.6 Å². The molecule has 118 valence electrons. The van der Waals surface area contributed by atoms with E-state index < -0.39 is 0 Å². The van der Waals surface area contributed by atoms with Gasteiger partial charge in [-0.05, 0) is 19.1 Å². The first-order chi connectivity index (χ1) is 11.2. The molecule has 0 spiro atoms. The van der Waals surface area contributed by atoms with Gasteiger partial charge in [-0.15, -0.1) is 0 Å². The number of likely N-dealkylation sites (tertiary alicyclic amines) is 1. The molecule has 1 aliphatic rings. The zero-order chi connectivity index (χ0) is 15.8. The summed E-state index contributed by atoms with van der Waals surface area (Å²) in [6, 6.07) is 10.4. The van der Waals surface area contributed by atoms with E-state index in [-0.39, 0.29) is 0 Å². The molecule has 1 saturated heterocycles. The van der Waals surface area contributed by atoms with Crippen molar-refractivity contribution in [2.24, 2.45) is 0 Å². The minimum Gasteiger partial charge on any atom is -0.340 e. The summed E-state index contributed by atoms with van der Waals surface area (Å²) in [6.45, 7) is 6.66. The Morgan fingerprint density at radius 2 is 1.96 bits per heavy atom. The summed E-state index contributed by atoms with van der Waals surface area (Å²) in [5, 5.41) is 4.02. The molecule has 0 unspecified atom stereocenters. The van der Waals surface area contributed by atoms with Gasteiger partial charge in [0.15, 0.2) is 5.82 Å². The van der Waals surface area contributed by atoms with E-state index in [2.05, 4.69) is 48.9 Å². The van der Waals surface area contributed by atoms with Crippen molar-refractivity contribution in [2.45, 2.75) is 26.3 Å². The van der Waals surface area contributed by atoms with E-state index in [1.807, 2.05) is 26.1 Å². The van der Waals surface area contributed by atoms with Crippen molar-refractivity contribution in [3.05, 3.63) is 59.8 Å². The van der Waals surface area contributed by atoms with Crippen LogP contribution in [0, 0.1) is 13.8 Å². The lowest BCUT2D eigenvalue weighted by molar-refractivity contribution is 0.130. The number of aromatic nitrogens is 4. The van der Waals surface area contributed by atoms with Crippen LogP contribution in [0.4, 0.5) is 0 Å². The van der Waals surface area contributed by atoms with Crippen LogP contribution in [0.25, 0.3) is 5.69 Å². The number of hydrogen-bond acceptors (Lipinski definition) is 5. The molecule has 2 aromatic heterocycles. The van der Waals surface area contributed by atoms with Crippen molar-refractivity contribution >= 4 is 0 Å². The van der Waals surface area contributed by atoms with Gasteiger partial charge in [0, 0.05) is 38.2 Å². The Labute approximate surface area is 134 Å². The minimum atomic E-state index is 0.377. The highest BCUT2D eigenvalue weighted by Gasteiger charge is 2.32. The molecule has 23 heavy (non-hydrogen) atoms. The molecule has 0 N–H and O–H groups in total. The molecule has 0 bridgehead atoms. The van der Waals surface area contributed by atoms with Crippen LogP contribution in [0.5, 0.6) is 0 Å². The van der Waals surface area contributed by atoms with Gasteiger partial charge >= 0.3 is 0 Å². The van der Waals surface area contributed by atoms with Gasteiger partial charge in [0.2, 0.25) is 5.89 Å². The smallest absolute Gasteiger partial charge is 0.223 e. The third-order valence-electron chi connectivity index (χ3n) is 4.28. The number of rotatable bonds is 4. The SMILES string of the molecule is Cc1nc(C2CN(Cc3cnc(C)n3-c3ccccc3)C2)no1. The van der Waals surface area contributed by atoms with Crippen LogP contribution in [0.2, 0.25) is 0 Å². The van der Waals surface area contributed by atoms with E-state index in [1.165, 1.54) is 5.69 Å². The van der Waals surface area contributed by atoms with Gasteiger partial charge in [0.25, 0.3) is 0 Å². The molecule has 6 heteroatoms. The van der Waals surface area contributed by atoms with Crippen LogP contribution in [0.1, 0.15) is 29.2 Å². The molecule has 0 amide bonds. The van der Waals surface area contributed by atoms with Crippen molar-refractivity contribution in [3.8, 4) is 5.69 Å². The van der Waals surface area contributed by atoms with Crippen LogP contribution in [-0.2, 0) is 6.54 Å². The molecule has 0 atom stereocenters. The quantitative estimate of drug-likeness (QED) is 0.741. The maximum absolute atomic E-state index is 5.06. The third-order valence-corrected chi connectivity index (χ3v) is 4.28. The second kappa shape index (κ2) is 5.62. The summed E-state index contributed by atoms with van der Waals surface area (Å²) in [7, 11) is 0. The Morgan fingerprint density at radius 1 is 1.17 bits per heavy atom. The monoisotopic (exact) mass is 309 g/mol. The van der Waals surface area contributed by atoms with Gasteiger partial charge in [-0.2, -0.15) is 4.98 Å². The molecule has 3 aromatic rings. The summed E-state index contributed by atoms with van der Waals surface area (Å²) >= 11 is 0. The largest absolute Gasteiger partial charge is 0.340 e. The lowest BCUT2D eigenvalue weighted by atomic mass is 9.99. The predicted molar refractivity (Wildman–Crippen MR) is 85.4 cm³/mol. The number of hydrogen-bond donors (Lipinski definition) is 0. The zero-order valence-electron chi connectivity index (χ0n) is 13.3. The van der Waals surface area contributed by atoms with Crippen molar-refractivity contribution in [1.29, 1.82) is 0 Å². The van der Waals surface area contributed by atoms with Crippen molar-refractivity contribution < 1.29 is 4.52 Å². The molecule has 0 saturated carbocycles. The second-order valence-electron chi connectivity index (χ2n) is 6.03. The van der Waals surface area contributed by atoms with E-state index in [0.717, 1.165) is 37.0 Å². The number of aryl methyl sites for hydroxylation is 2. The van der Waals surface area contributed by atoms with Crippen molar-refractivity contribution in [3.63, 3.8) is 0 Å². The summed E-state index contributed by atoms with van der Waals surface area (Å²) in [5.74, 6) is 2.85. The lowest BCUT2D eigenvalue weighted by Crippen LogP contribution is -2.45. The molecule has 1 fully saturated rings. The molecular weight excluding hydrogens is 290 g/mol. The topological polar surface area (TPSA) is 60.0 Å². The fourth-order valence-electron chi connectivity index (χ4n) is 3.10. The van der Waals surface area contributed by atoms with E-state index >= 15 is 0 Å². The Morgan fingerprint density at radius 3 is 2.65 bits per heavy atom. The Kier molecular flexibility index (Phi) is 3.46. The van der Waals surface area contributed by atoms with Crippen LogP contribution >= 0.6 is 0 Å². The minimum absolute atomic E-state index is 0.377. The highest BCUT2D eigenvalue weighted by molar-refractivity contribution is 5.35. The number of imidazole rings is 1. The Balaban J connectivity index is 1.47. The summed E-state index contributed by atoms with van der Waals surface area (Å²) in [5.41, 5.74) is 2.36. The van der Waals surface area contributed by atoms with Crippen LogP contribution in [0.3, 0.4) is 0 Å². The Hall–Kier alpha value is -2.47. The average Bonchev–Trinajstić information content (AvgIpc) is 3.09. The molecular formula is C17H19N5O. The van der Waals surface area contributed by atoms with Gasteiger partial charge in [-0.1, -0.05) is 23.4 Å². The molecule has 3 heterocycles. The maximum atomic E-state index is 5.06. The highest BCUT2D eigenvalue weighted by atomic mass is 16.5. The summed E-state index contributed by atoms with van der Waals surface area (Å²) < 4.78 is 7.28. The fraction of sp³-hybridized carbons (Fsp3) is 0.353. The van der Waals surface area contributed by atoms with E-state index in [0.29, 0.717) is 11.8 Å². The number of para-hydroxylation sites is 1. The Bertz CT molecular complexity index is 802. The molecule has 0 aliphatic carbocycles. The standard InChI is InChI=1S/C17H19N5O/c1-12-18-8-16(22(12)15-6-4-3-5-7-15)11-21-9-14(10-21)17-19-13(2)23-20-17/h3-8,14H,9-11H2,1-2H3. The first kappa shape index (κ1) is 14.1. The zero-order valence-corrected chi connectivity index (χ0v) is 13.3. The maximum Gasteiger partial charge on any atom is 0.223 e. The fourth-order valence-corrected chi connectivity index (χ4v) is 3.10. The first-order valence-electron chi connectivity index (χ1n) is 7.82. The van der Waals surface area contributed by atoms with Crippen LogP contribution in [-0.4, -0.2) is 37.7 Å². The molecule has 0 radical (unpaired) electrons. The summed E-state index contributed by atoms with van der Waals surface area (Å²) in [6.07, 6.45) is 1.97. The van der Waals surface area contributed by atoms with Gasteiger partial charge in [0.05, 0.1) is 11.9 Å². The lowest BCUT2D eigenvalue weighted by Gasteiger charge is -2.37. The van der Waals surface area contributed by atoms with Crippen LogP contribution in [0.15, 0.2) is 41.1 Å². The van der Waals surface area contributed by atoms with E-state index in [4.69, 9.17) is 4.52 Å². The average molecular weight is 309 g/mol. The van der Waals surface area contributed by atoms with Gasteiger partial charge in [0.1, 0.15) is 5.82 Å². The molecule has 6 nitrogen and oxygen atoms in total. The second-order valence-corrected chi connectivity index (χ2v) is 6.03. The molecule has 1 aliphatic heterocycles. The van der Waals surface area contributed by atoms with E-state index in [1.54, 1.807) is 0 Å². The number of benzene rings is 1. The summed E-state index contributed by atoms with van der Waals surface area (Å²) in [4.78, 5) is 11.2. The first-order valence-corrected chi connectivity index (χ1v) is 7.82. The normalized spacial score (nSPS) is 15.7. The van der Waals surface area contributed by atoms with E-state index in [9.17, 15) is 0 Å². The van der Waals surface area contributed by atoms with Crippen molar-refractivity contribution in [2.75, 3.05) is 13.1 Å². The predicted octanol–water partition coefficient (Wildman–Crippen LogP) is 2.47. The van der Waals surface area contributed by atoms with Gasteiger partial charge < -0.3 is 4.52 Å². The van der Waals surface area contributed by atoms with Gasteiger partial charge in [-0.3, -0.25) is 9.47 Å². The van der Waals surface area contributed by atoms with Gasteiger partial charge in [-0.25, -0.2) is 4.98 Å². The molecule has 1 aromatic carbocycles. The highest BCUT2D eigenvalue weighted by Crippen LogP contribution is 2.27.